The molecule has 0 fully saturated rings. The number of aromatic nitrogens is 3. The van der Waals surface area contributed by atoms with Gasteiger partial charge < -0.3 is 37.9 Å². The van der Waals surface area contributed by atoms with E-state index in [2.05, 4.69) is 9.97 Å². The Morgan fingerprint density at radius 3 is 1.22 bits per heavy atom. The topological polar surface area (TPSA) is 113 Å². The van der Waals surface area contributed by atoms with Gasteiger partial charge in [-0.05, 0) is 71.8 Å². The van der Waals surface area contributed by atoms with E-state index in [0.717, 1.165) is 33.9 Å². The van der Waals surface area contributed by atoms with E-state index in [-0.39, 0.29) is 0 Å². The van der Waals surface area contributed by atoms with E-state index in [9.17, 15) is 0 Å². The highest BCUT2D eigenvalue weighted by molar-refractivity contribution is 5.76. The lowest BCUT2D eigenvalue weighted by atomic mass is 10.0. The molecule has 4 heterocycles. The van der Waals surface area contributed by atoms with Crippen LogP contribution in [-0.4, -0.2) is 94.2 Å². The summed E-state index contributed by atoms with van der Waals surface area (Å²) in [5.74, 6) is 2.52. The van der Waals surface area contributed by atoms with Crippen LogP contribution in [0.5, 0.6) is 23.0 Å². The lowest BCUT2D eigenvalue weighted by Crippen LogP contribution is -2.15. The molecule has 0 unspecified atom stereocenters. The van der Waals surface area contributed by atoms with Gasteiger partial charge in [0, 0.05) is 12.4 Å². The van der Waals surface area contributed by atoms with Crippen LogP contribution < -0.4 is 18.9 Å². The molecular weight excluding hydrogens is 638 g/mol. The summed E-state index contributed by atoms with van der Waals surface area (Å²) in [5.41, 5.74) is 4.88. The molecule has 0 amide bonds. The Morgan fingerprint density at radius 2 is 0.760 bits per heavy atom. The van der Waals surface area contributed by atoms with Crippen LogP contribution in [0.3, 0.4) is 0 Å². The number of hydrogen-bond donors (Lipinski definition) is 0. The largest absolute Gasteiger partial charge is 0.487 e. The second-order valence-electron chi connectivity index (χ2n) is 11.0. The highest BCUT2D eigenvalue weighted by Gasteiger charge is 2.14. The van der Waals surface area contributed by atoms with Crippen molar-refractivity contribution in [2.45, 2.75) is 0 Å². The van der Waals surface area contributed by atoms with E-state index in [4.69, 9.17) is 42.9 Å². The molecule has 1 aliphatic heterocycles. The molecule has 0 N–H and O–H groups in total. The highest BCUT2D eigenvalue weighted by Crippen LogP contribution is 2.35. The number of fused-ring (bicyclic) bond motifs is 2. The molecule has 5 aromatic rings. The zero-order valence-corrected chi connectivity index (χ0v) is 27.9. The van der Waals surface area contributed by atoms with Crippen LogP contribution in [0.25, 0.3) is 33.9 Å². The lowest BCUT2D eigenvalue weighted by Gasteiger charge is -2.16. The first-order chi connectivity index (χ1) is 24.8. The summed E-state index contributed by atoms with van der Waals surface area (Å²) < 4.78 is 47.0. The van der Waals surface area contributed by atoms with E-state index in [1.54, 1.807) is 12.4 Å². The molecule has 0 spiro atoms. The van der Waals surface area contributed by atoms with Crippen LogP contribution in [0.15, 0.2) is 103 Å². The van der Waals surface area contributed by atoms with E-state index < -0.39 is 0 Å². The monoisotopic (exact) mass is 679 g/mol. The van der Waals surface area contributed by atoms with Crippen molar-refractivity contribution >= 4 is 0 Å². The minimum absolute atomic E-state index is 0.322. The second-order valence-corrected chi connectivity index (χ2v) is 11.0. The Kier molecular flexibility index (Phi) is 13.4. The van der Waals surface area contributed by atoms with Gasteiger partial charge in [0.15, 0.2) is 23.0 Å². The molecule has 2 aromatic carbocycles. The zero-order valence-electron chi connectivity index (χ0n) is 27.9. The Labute approximate surface area is 292 Å². The third-order valence-corrected chi connectivity index (χ3v) is 7.49. The third-order valence-electron chi connectivity index (χ3n) is 7.49. The molecule has 11 heteroatoms. The van der Waals surface area contributed by atoms with Crippen LogP contribution in [-0.2, 0) is 18.9 Å². The number of hydrogen-bond acceptors (Lipinski definition) is 11. The smallest absolute Gasteiger partial charge is 0.161 e. The van der Waals surface area contributed by atoms with Gasteiger partial charge in [-0.15, -0.1) is 0 Å². The fourth-order valence-corrected chi connectivity index (χ4v) is 5.08. The first-order valence-corrected chi connectivity index (χ1v) is 16.7. The number of benzene rings is 2. The average Bonchev–Trinajstić information content (AvgIpc) is 3.17. The first kappa shape index (κ1) is 34.8. The van der Waals surface area contributed by atoms with Crippen LogP contribution in [0.4, 0.5) is 0 Å². The van der Waals surface area contributed by atoms with Crippen LogP contribution >= 0.6 is 0 Å². The number of pyridine rings is 3. The predicted octanol–water partition coefficient (Wildman–Crippen LogP) is 6.17. The van der Waals surface area contributed by atoms with Crippen molar-refractivity contribution in [3.05, 3.63) is 103 Å². The summed E-state index contributed by atoms with van der Waals surface area (Å²) in [5, 5.41) is 0. The van der Waals surface area contributed by atoms with Crippen molar-refractivity contribution in [2.75, 3.05) is 79.3 Å². The number of rotatable bonds is 3. The molecule has 11 nitrogen and oxygen atoms in total. The van der Waals surface area contributed by atoms with Crippen molar-refractivity contribution in [1.82, 2.24) is 15.0 Å². The summed E-state index contributed by atoms with van der Waals surface area (Å²) in [7, 11) is 0. The molecule has 1 aliphatic rings. The summed E-state index contributed by atoms with van der Waals surface area (Å²) in [6, 6.07) is 29.0. The molecule has 0 radical (unpaired) electrons. The van der Waals surface area contributed by atoms with Gasteiger partial charge in [-0.2, -0.15) is 0 Å². The second kappa shape index (κ2) is 19.2. The van der Waals surface area contributed by atoms with E-state index in [0.29, 0.717) is 102 Å². The Morgan fingerprint density at radius 1 is 0.340 bits per heavy atom. The van der Waals surface area contributed by atoms with Crippen LogP contribution in [0.1, 0.15) is 0 Å². The van der Waals surface area contributed by atoms with Gasteiger partial charge in [0.25, 0.3) is 0 Å². The van der Waals surface area contributed by atoms with Crippen LogP contribution in [0, 0.1) is 0 Å². The summed E-state index contributed by atoms with van der Waals surface area (Å²) in [6.45, 7) is 4.78. The Balaban J connectivity index is 1.14. The van der Waals surface area contributed by atoms with Gasteiger partial charge in [-0.25, -0.2) is 4.98 Å². The van der Waals surface area contributed by atoms with Gasteiger partial charge in [0.2, 0.25) is 0 Å². The summed E-state index contributed by atoms with van der Waals surface area (Å²) in [4.78, 5) is 14.0. The summed E-state index contributed by atoms with van der Waals surface area (Å²) in [6.07, 6.45) is 3.52. The van der Waals surface area contributed by atoms with Crippen molar-refractivity contribution in [3.63, 3.8) is 0 Å². The van der Waals surface area contributed by atoms with Crippen molar-refractivity contribution in [1.29, 1.82) is 0 Å². The quantitative estimate of drug-likeness (QED) is 0.218. The normalized spacial score (nSPS) is 15.8. The maximum Gasteiger partial charge on any atom is 0.161 e. The number of ether oxygens (including phenoxy) is 8. The fraction of sp³-hybridized carbons (Fsp3) is 0.308. The van der Waals surface area contributed by atoms with Crippen molar-refractivity contribution in [2.24, 2.45) is 0 Å². The molecule has 0 aliphatic carbocycles. The Bertz CT molecular complexity index is 1690. The maximum absolute atomic E-state index is 6.23. The van der Waals surface area contributed by atoms with Crippen LogP contribution in [0.2, 0.25) is 0 Å². The fourth-order valence-electron chi connectivity index (χ4n) is 5.08. The molecule has 50 heavy (non-hydrogen) atoms. The van der Waals surface area contributed by atoms with E-state index in [1.807, 2.05) is 91.0 Å². The number of para-hydroxylation sites is 2. The molecule has 0 atom stereocenters. The molecule has 0 saturated heterocycles. The highest BCUT2D eigenvalue weighted by atomic mass is 16.6. The average molecular weight is 680 g/mol. The third kappa shape index (κ3) is 10.5. The lowest BCUT2D eigenvalue weighted by molar-refractivity contribution is 0.0223. The van der Waals surface area contributed by atoms with Gasteiger partial charge in [-0.1, -0.05) is 30.3 Å². The SMILES string of the molecule is c1ccc(-c2cc(-c3ccc4c(c3)OCCOCCOCCOc3ccccc3OCCOCCOCCO4)cc(-c3ccccn3)n2)nc1. The van der Waals surface area contributed by atoms with Gasteiger partial charge in [-0.3, -0.25) is 9.97 Å². The predicted molar refractivity (Wildman–Crippen MR) is 188 cm³/mol. The molecule has 0 bridgehead atoms. The first-order valence-electron chi connectivity index (χ1n) is 16.7. The maximum atomic E-state index is 6.23. The molecule has 6 rings (SSSR count). The molecule has 3 aromatic heterocycles. The van der Waals surface area contributed by atoms with Gasteiger partial charge in [0.05, 0.1) is 75.6 Å². The number of nitrogens with zero attached hydrogens (tertiary/aromatic N) is 3. The minimum atomic E-state index is 0.322. The molecule has 0 saturated carbocycles. The van der Waals surface area contributed by atoms with Gasteiger partial charge in [0.1, 0.15) is 26.4 Å². The van der Waals surface area contributed by atoms with E-state index >= 15 is 0 Å². The van der Waals surface area contributed by atoms with Gasteiger partial charge >= 0.3 is 0 Å². The van der Waals surface area contributed by atoms with E-state index in [1.165, 1.54) is 0 Å². The van der Waals surface area contributed by atoms with Crippen molar-refractivity contribution < 1.29 is 37.9 Å². The molecule has 260 valence electrons. The summed E-state index contributed by atoms with van der Waals surface area (Å²) >= 11 is 0. The molecular formula is C39H41N3O8. The minimum Gasteiger partial charge on any atom is -0.487 e. The van der Waals surface area contributed by atoms with Crippen molar-refractivity contribution in [3.8, 4) is 56.9 Å². The standard InChI is InChI=1S/C39H41N3O8/c1-2-10-37-36(9-1)47-23-19-43-15-16-45-21-25-49-38-12-11-30(29-39(38)50-26-22-46-18-17-44-20-24-48-37)31-27-34(32-7-3-5-13-40-32)42-35(28-31)33-8-4-6-14-41-33/h1-14,27-29H,15-26H2. The zero-order chi connectivity index (χ0) is 34.1. The Hall–Kier alpha value is -5.07.